The Bertz CT molecular complexity index is 825. The van der Waals surface area contributed by atoms with Crippen LogP contribution in [0.3, 0.4) is 0 Å². The van der Waals surface area contributed by atoms with Gasteiger partial charge in [-0.25, -0.2) is 0 Å². The SMILES string of the molecule is COCCOc1ccc(C(F)(F)F)cc1NC(=O)CSc1ccc(C)c(C)c1. The number of aryl methyl sites for hydroxylation is 2. The summed E-state index contributed by atoms with van der Waals surface area (Å²) in [5.41, 5.74) is 1.38. The van der Waals surface area contributed by atoms with Gasteiger partial charge in [-0.3, -0.25) is 4.79 Å². The number of hydrogen-bond acceptors (Lipinski definition) is 4. The summed E-state index contributed by atoms with van der Waals surface area (Å²) in [6, 6.07) is 8.83. The Labute approximate surface area is 166 Å². The maximum atomic E-state index is 13.0. The minimum atomic E-state index is -4.52. The van der Waals surface area contributed by atoms with E-state index in [9.17, 15) is 18.0 Å². The summed E-state index contributed by atoms with van der Waals surface area (Å²) in [6.45, 7) is 4.40. The maximum absolute atomic E-state index is 13.0. The molecule has 0 heterocycles. The van der Waals surface area contributed by atoms with Crippen LogP contribution in [0.1, 0.15) is 16.7 Å². The topological polar surface area (TPSA) is 47.6 Å². The number of hydrogen-bond donors (Lipinski definition) is 1. The van der Waals surface area contributed by atoms with Crippen LogP contribution >= 0.6 is 11.8 Å². The van der Waals surface area contributed by atoms with E-state index in [-0.39, 0.29) is 30.4 Å². The molecule has 0 aliphatic carbocycles. The Balaban J connectivity index is 2.09. The molecular formula is C20H22F3NO3S. The highest BCUT2D eigenvalue weighted by Crippen LogP contribution is 2.35. The average molecular weight is 413 g/mol. The third-order valence-electron chi connectivity index (χ3n) is 3.97. The van der Waals surface area contributed by atoms with Crippen molar-refractivity contribution in [3.63, 3.8) is 0 Å². The van der Waals surface area contributed by atoms with Gasteiger partial charge in [0.1, 0.15) is 12.4 Å². The molecule has 0 spiro atoms. The molecule has 0 atom stereocenters. The molecule has 8 heteroatoms. The fourth-order valence-electron chi connectivity index (χ4n) is 2.30. The van der Waals surface area contributed by atoms with E-state index >= 15 is 0 Å². The van der Waals surface area contributed by atoms with Crippen LogP contribution in [0, 0.1) is 13.8 Å². The molecule has 0 unspecified atom stereocenters. The Morgan fingerprint density at radius 2 is 1.82 bits per heavy atom. The predicted molar refractivity (Wildman–Crippen MR) is 104 cm³/mol. The third kappa shape index (κ3) is 6.45. The zero-order chi connectivity index (χ0) is 20.7. The molecule has 1 amide bonds. The molecule has 0 aromatic heterocycles. The number of halogens is 3. The second-order valence-electron chi connectivity index (χ2n) is 6.13. The van der Waals surface area contributed by atoms with E-state index in [0.29, 0.717) is 0 Å². The highest BCUT2D eigenvalue weighted by molar-refractivity contribution is 8.00. The van der Waals surface area contributed by atoms with Crippen LogP contribution in [0.4, 0.5) is 18.9 Å². The van der Waals surface area contributed by atoms with Gasteiger partial charge in [0, 0.05) is 12.0 Å². The van der Waals surface area contributed by atoms with Gasteiger partial charge in [-0.1, -0.05) is 6.07 Å². The fourth-order valence-corrected chi connectivity index (χ4v) is 3.10. The van der Waals surface area contributed by atoms with Gasteiger partial charge >= 0.3 is 6.18 Å². The van der Waals surface area contributed by atoms with E-state index in [4.69, 9.17) is 9.47 Å². The number of nitrogens with one attached hydrogen (secondary N) is 1. The van der Waals surface area contributed by atoms with E-state index in [1.807, 2.05) is 32.0 Å². The van der Waals surface area contributed by atoms with Crippen molar-refractivity contribution < 1.29 is 27.4 Å². The number of carbonyl (C=O) groups excluding carboxylic acids is 1. The van der Waals surface area contributed by atoms with Crippen molar-refractivity contribution in [2.45, 2.75) is 24.9 Å². The summed E-state index contributed by atoms with van der Waals surface area (Å²) >= 11 is 1.31. The molecule has 4 nitrogen and oxygen atoms in total. The first-order chi connectivity index (χ1) is 13.2. The van der Waals surface area contributed by atoms with Gasteiger partial charge in [0.05, 0.1) is 23.6 Å². The quantitative estimate of drug-likeness (QED) is 0.484. The molecule has 2 rings (SSSR count). The van der Waals surface area contributed by atoms with Crippen molar-refractivity contribution in [1.29, 1.82) is 0 Å². The van der Waals surface area contributed by atoms with Crippen molar-refractivity contribution in [1.82, 2.24) is 0 Å². The van der Waals surface area contributed by atoms with Gasteiger partial charge < -0.3 is 14.8 Å². The normalized spacial score (nSPS) is 11.4. The lowest BCUT2D eigenvalue weighted by molar-refractivity contribution is -0.137. The lowest BCUT2D eigenvalue weighted by Crippen LogP contribution is -2.17. The molecule has 0 bridgehead atoms. The van der Waals surface area contributed by atoms with Crippen LogP contribution < -0.4 is 10.1 Å². The molecule has 152 valence electrons. The smallest absolute Gasteiger partial charge is 0.416 e. The number of ether oxygens (including phenoxy) is 2. The van der Waals surface area contributed by atoms with Gasteiger partial charge in [0.15, 0.2) is 0 Å². The maximum Gasteiger partial charge on any atom is 0.416 e. The van der Waals surface area contributed by atoms with E-state index in [1.165, 1.54) is 24.9 Å². The highest BCUT2D eigenvalue weighted by atomic mass is 32.2. The van der Waals surface area contributed by atoms with Crippen LogP contribution in [-0.4, -0.2) is 32.0 Å². The van der Waals surface area contributed by atoms with Crippen molar-refractivity contribution in [3.05, 3.63) is 53.1 Å². The largest absolute Gasteiger partial charge is 0.489 e. The minimum absolute atomic E-state index is 0.0170. The molecule has 0 saturated heterocycles. The zero-order valence-corrected chi connectivity index (χ0v) is 16.7. The van der Waals surface area contributed by atoms with Crippen LogP contribution in [0.2, 0.25) is 0 Å². The van der Waals surface area contributed by atoms with E-state index in [2.05, 4.69) is 5.32 Å². The van der Waals surface area contributed by atoms with Crippen LogP contribution in [0.15, 0.2) is 41.3 Å². The molecule has 0 aliphatic rings. The second kappa shape index (κ2) is 9.84. The van der Waals surface area contributed by atoms with Gasteiger partial charge in [-0.05, 0) is 55.3 Å². The summed E-state index contributed by atoms with van der Waals surface area (Å²) in [4.78, 5) is 13.2. The van der Waals surface area contributed by atoms with Gasteiger partial charge in [0.2, 0.25) is 5.91 Å². The average Bonchev–Trinajstić information content (AvgIpc) is 2.63. The Hall–Kier alpha value is -2.19. The Kier molecular flexibility index (Phi) is 7.77. The summed E-state index contributed by atoms with van der Waals surface area (Å²) < 4.78 is 49.3. The molecule has 28 heavy (non-hydrogen) atoms. The van der Waals surface area contributed by atoms with E-state index in [0.717, 1.165) is 28.2 Å². The molecule has 0 saturated carbocycles. The van der Waals surface area contributed by atoms with Gasteiger partial charge in [-0.15, -0.1) is 11.8 Å². The van der Waals surface area contributed by atoms with E-state index in [1.54, 1.807) is 0 Å². The molecule has 2 aromatic rings. The zero-order valence-electron chi connectivity index (χ0n) is 15.9. The summed E-state index contributed by atoms with van der Waals surface area (Å²) in [6.07, 6.45) is -4.52. The number of rotatable bonds is 8. The molecule has 0 radical (unpaired) electrons. The Morgan fingerprint density at radius 3 is 2.46 bits per heavy atom. The number of amides is 1. The first-order valence-electron chi connectivity index (χ1n) is 8.53. The van der Waals surface area contributed by atoms with Crippen molar-refractivity contribution in [3.8, 4) is 5.75 Å². The van der Waals surface area contributed by atoms with Crippen LogP contribution in [-0.2, 0) is 15.7 Å². The summed E-state index contributed by atoms with van der Waals surface area (Å²) in [5.74, 6) is -0.190. The molecule has 1 N–H and O–H groups in total. The molecular weight excluding hydrogens is 391 g/mol. The Morgan fingerprint density at radius 1 is 1.07 bits per heavy atom. The number of anilines is 1. The summed E-state index contributed by atoms with van der Waals surface area (Å²) in [7, 11) is 1.49. The first kappa shape index (κ1) is 22.1. The minimum Gasteiger partial charge on any atom is -0.489 e. The van der Waals surface area contributed by atoms with Crippen molar-refractivity contribution >= 4 is 23.4 Å². The number of alkyl halides is 3. The standard InChI is InChI=1S/C20H22F3NO3S/c1-13-4-6-16(10-14(13)2)28-12-19(25)24-17-11-15(20(21,22)23)5-7-18(17)27-9-8-26-3/h4-7,10-11H,8-9,12H2,1-3H3,(H,24,25). The van der Waals surface area contributed by atoms with Crippen LogP contribution in [0.5, 0.6) is 5.75 Å². The monoisotopic (exact) mass is 413 g/mol. The van der Waals surface area contributed by atoms with Crippen LogP contribution in [0.25, 0.3) is 0 Å². The number of thioether (sulfide) groups is 1. The lowest BCUT2D eigenvalue weighted by atomic mass is 10.1. The van der Waals surface area contributed by atoms with Gasteiger partial charge in [-0.2, -0.15) is 13.2 Å². The van der Waals surface area contributed by atoms with Gasteiger partial charge in [0.25, 0.3) is 0 Å². The number of benzene rings is 2. The molecule has 0 fully saturated rings. The lowest BCUT2D eigenvalue weighted by Gasteiger charge is -2.15. The first-order valence-corrected chi connectivity index (χ1v) is 9.52. The van der Waals surface area contributed by atoms with Crippen molar-refractivity contribution in [2.75, 3.05) is 31.4 Å². The highest BCUT2D eigenvalue weighted by Gasteiger charge is 2.31. The predicted octanol–water partition coefficient (Wildman–Crippen LogP) is 5.08. The third-order valence-corrected chi connectivity index (χ3v) is 4.97. The fraction of sp³-hybridized carbons (Fsp3) is 0.350. The number of carbonyl (C=O) groups is 1. The summed E-state index contributed by atoms with van der Waals surface area (Å²) in [5, 5.41) is 2.52. The molecule has 2 aromatic carbocycles. The molecule has 0 aliphatic heterocycles. The van der Waals surface area contributed by atoms with E-state index < -0.39 is 17.6 Å². The second-order valence-corrected chi connectivity index (χ2v) is 7.18. The number of methoxy groups -OCH3 is 1. The van der Waals surface area contributed by atoms with Crippen molar-refractivity contribution in [2.24, 2.45) is 0 Å².